The maximum absolute atomic E-state index is 13.4. The molecular formula is C28H37N3O6S. The highest BCUT2D eigenvalue weighted by Gasteiger charge is 2.34. The standard InChI is InChI=1S/C28H37N3O6S/c1-19(2)17-24(30-38(36,37)23-11-9-20(3)10-12-23)27(33)31-15-13-22(14-16-31)26(32)29-25(28(34)35)18-21-7-5-4-6-8-21/h4-12,19,22,24-25,30H,13-18H2,1-3H3,(H,29,32)(H,34,35). The summed E-state index contributed by atoms with van der Waals surface area (Å²) in [4.78, 5) is 39.6. The number of aryl methyl sites for hydroxylation is 1. The number of hydrogen-bond acceptors (Lipinski definition) is 5. The van der Waals surface area contributed by atoms with Gasteiger partial charge in [0, 0.05) is 25.4 Å². The van der Waals surface area contributed by atoms with Crippen molar-refractivity contribution in [3.8, 4) is 0 Å². The normalized spacial score (nSPS) is 16.2. The highest BCUT2D eigenvalue weighted by atomic mass is 32.2. The van der Waals surface area contributed by atoms with Gasteiger partial charge in [-0.2, -0.15) is 4.72 Å². The summed E-state index contributed by atoms with van der Waals surface area (Å²) in [6.07, 6.45) is 1.25. The average molecular weight is 544 g/mol. The Morgan fingerprint density at radius 1 is 0.974 bits per heavy atom. The Kier molecular flexibility index (Phi) is 10.0. The predicted octanol–water partition coefficient (Wildman–Crippen LogP) is 2.74. The van der Waals surface area contributed by atoms with Crippen molar-refractivity contribution in [2.45, 2.75) is 63.4 Å². The van der Waals surface area contributed by atoms with Gasteiger partial charge >= 0.3 is 5.97 Å². The number of carboxylic acid groups (broad SMARTS) is 1. The third-order valence-electron chi connectivity index (χ3n) is 6.71. The van der Waals surface area contributed by atoms with Crippen LogP contribution in [0.25, 0.3) is 0 Å². The van der Waals surface area contributed by atoms with E-state index < -0.39 is 34.0 Å². The Morgan fingerprint density at radius 2 is 1.58 bits per heavy atom. The Labute approximate surface area is 224 Å². The van der Waals surface area contributed by atoms with Crippen LogP contribution in [-0.4, -0.2) is 61.4 Å². The van der Waals surface area contributed by atoms with Crippen LogP contribution < -0.4 is 10.0 Å². The summed E-state index contributed by atoms with van der Waals surface area (Å²) in [7, 11) is -3.89. The van der Waals surface area contributed by atoms with Crippen molar-refractivity contribution >= 4 is 27.8 Å². The van der Waals surface area contributed by atoms with E-state index in [0.717, 1.165) is 11.1 Å². The van der Waals surface area contributed by atoms with Crippen LogP contribution in [-0.2, 0) is 30.8 Å². The number of nitrogens with one attached hydrogen (secondary N) is 2. The minimum absolute atomic E-state index is 0.0746. The number of carboxylic acids is 1. The highest BCUT2D eigenvalue weighted by Crippen LogP contribution is 2.21. The summed E-state index contributed by atoms with van der Waals surface area (Å²) < 4.78 is 28.5. The quantitative estimate of drug-likeness (QED) is 0.399. The van der Waals surface area contributed by atoms with Gasteiger partial charge in [0.2, 0.25) is 21.8 Å². The molecule has 3 rings (SSSR count). The van der Waals surface area contributed by atoms with Gasteiger partial charge < -0.3 is 15.3 Å². The maximum Gasteiger partial charge on any atom is 0.326 e. The zero-order chi connectivity index (χ0) is 27.9. The van der Waals surface area contributed by atoms with E-state index in [-0.39, 0.29) is 42.1 Å². The largest absolute Gasteiger partial charge is 0.480 e. The molecule has 0 spiro atoms. The van der Waals surface area contributed by atoms with Crippen molar-refractivity contribution in [2.24, 2.45) is 11.8 Å². The molecule has 2 unspecified atom stereocenters. The lowest BCUT2D eigenvalue weighted by Crippen LogP contribution is -2.53. The topological polar surface area (TPSA) is 133 Å². The van der Waals surface area contributed by atoms with Crippen molar-refractivity contribution in [1.29, 1.82) is 0 Å². The molecule has 206 valence electrons. The third kappa shape index (κ3) is 8.13. The van der Waals surface area contributed by atoms with Gasteiger partial charge in [0.25, 0.3) is 0 Å². The smallest absolute Gasteiger partial charge is 0.326 e. The number of piperidine rings is 1. The lowest BCUT2D eigenvalue weighted by molar-refractivity contribution is -0.143. The number of sulfonamides is 1. The lowest BCUT2D eigenvalue weighted by Gasteiger charge is -2.34. The van der Waals surface area contributed by atoms with E-state index in [9.17, 15) is 27.9 Å². The zero-order valence-electron chi connectivity index (χ0n) is 22.1. The Morgan fingerprint density at radius 3 is 2.13 bits per heavy atom. The molecule has 9 nitrogen and oxygen atoms in total. The maximum atomic E-state index is 13.4. The van der Waals surface area contributed by atoms with Gasteiger partial charge in [-0.05, 0) is 49.8 Å². The monoisotopic (exact) mass is 543 g/mol. The van der Waals surface area contributed by atoms with Crippen molar-refractivity contribution in [1.82, 2.24) is 14.9 Å². The molecule has 38 heavy (non-hydrogen) atoms. The van der Waals surface area contributed by atoms with Crippen LogP contribution in [0.1, 0.15) is 44.2 Å². The number of likely N-dealkylation sites (tertiary alicyclic amines) is 1. The number of aliphatic carboxylic acids is 1. The van der Waals surface area contributed by atoms with Gasteiger partial charge in [-0.1, -0.05) is 61.9 Å². The first-order chi connectivity index (χ1) is 18.0. The second-order valence-corrected chi connectivity index (χ2v) is 12.0. The summed E-state index contributed by atoms with van der Waals surface area (Å²) in [5, 5.41) is 12.2. The number of carbonyl (C=O) groups is 3. The molecule has 1 aliphatic heterocycles. The molecule has 1 heterocycles. The predicted molar refractivity (Wildman–Crippen MR) is 144 cm³/mol. The van der Waals surface area contributed by atoms with Gasteiger partial charge in [-0.15, -0.1) is 0 Å². The number of amides is 2. The molecule has 1 saturated heterocycles. The van der Waals surface area contributed by atoms with Crippen LogP contribution >= 0.6 is 0 Å². The fraction of sp³-hybridized carbons (Fsp3) is 0.464. The number of carbonyl (C=O) groups excluding carboxylic acids is 2. The second kappa shape index (κ2) is 13.0. The number of hydrogen-bond donors (Lipinski definition) is 3. The van der Waals surface area contributed by atoms with Gasteiger partial charge in [0.1, 0.15) is 12.1 Å². The van der Waals surface area contributed by atoms with Crippen LogP contribution in [0, 0.1) is 18.8 Å². The van der Waals surface area contributed by atoms with Crippen LogP contribution in [0.5, 0.6) is 0 Å². The summed E-state index contributed by atoms with van der Waals surface area (Å²) in [6.45, 7) is 6.28. The van der Waals surface area contributed by atoms with Gasteiger partial charge in [-0.25, -0.2) is 13.2 Å². The van der Waals surface area contributed by atoms with E-state index in [0.29, 0.717) is 19.3 Å². The average Bonchev–Trinajstić information content (AvgIpc) is 2.88. The van der Waals surface area contributed by atoms with Gasteiger partial charge in [0.15, 0.2) is 0 Å². The van der Waals surface area contributed by atoms with Crippen LogP contribution in [0.3, 0.4) is 0 Å². The minimum Gasteiger partial charge on any atom is -0.480 e. The first-order valence-corrected chi connectivity index (χ1v) is 14.4. The first kappa shape index (κ1) is 29.3. The molecule has 3 N–H and O–H groups in total. The molecule has 2 aromatic rings. The SMILES string of the molecule is Cc1ccc(S(=O)(=O)NC(CC(C)C)C(=O)N2CCC(C(=O)NC(Cc3ccccc3)C(=O)O)CC2)cc1. The molecule has 0 bridgehead atoms. The molecule has 1 fully saturated rings. The van der Waals surface area contributed by atoms with Crippen LogP contribution in [0.15, 0.2) is 59.5 Å². The van der Waals surface area contributed by atoms with Crippen molar-refractivity contribution < 1.29 is 27.9 Å². The molecule has 0 radical (unpaired) electrons. The molecule has 2 atom stereocenters. The Bertz CT molecular complexity index is 1210. The first-order valence-electron chi connectivity index (χ1n) is 12.9. The van der Waals surface area contributed by atoms with E-state index in [1.54, 1.807) is 17.0 Å². The molecule has 0 aromatic heterocycles. The second-order valence-electron chi connectivity index (χ2n) is 10.3. The van der Waals surface area contributed by atoms with Crippen molar-refractivity contribution in [3.63, 3.8) is 0 Å². The van der Waals surface area contributed by atoms with E-state index in [2.05, 4.69) is 10.0 Å². The van der Waals surface area contributed by atoms with Gasteiger partial charge in [-0.3, -0.25) is 9.59 Å². The summed E-state index contributed by atoms with van der Waals surface area (Å²) >= 11 is 0. The summed E-state index contributed by atoms with van der Waals surface area (Å²) in [5.74, 6) is -2.12. The molecule has 0 aliphatic carbocycles. The molecule has 10 heteroatoms. The minimum atomic E-state index is -3.89. The lowest BCUT2D eigenvalue weighted by atomic mass is 9.94. The summed E-state index contributed by atoms with van der Waals surface area (Å²) in [6, 6.07) is 13.6. The number of rotatable bonds is 11. The number of nitrogens with zero attached hydrogens (tertiary/aromatic N) is 1. The van der Waals surface area contributed by atoms with E-state index in [4.69, 9.17) is 0 Å². The van der Waals surface area contributed by atoms with Gasteiger partial charge in [0.05, 0.1) is 4.90 Å². The molecule has 0 saturated carbocycles. The number of benzene rings is 2. The van der Waals surface area contributed by atoms with Crippen molar-refractivity contribution in [2.75, 3.05) is 13.1 Å². The molecule has 1 aliphatic rings. The van der Waals surface area contributed by atoms with Crippen molar-refractivity contribution in [3.05, 3.63) is 65.7 Å². The fourth-order valence-corrected chi connectivity index (χ4v) is 5.77. The van der Waals surface area contributed by atoms with E-state index in [1.165, 1.54) is 12.1 Å². The zero-order valence-corrected chi connectivity index (χ0v) is 22.9. The molecule has 2 amide bonds. The Balaban J connectivity index is 1.61. The highest BCUT2D eigenvalue weighted by molar-refractivity contribution is 7.89. The summed E-state index contributed by atoms with van der Waals surface area (Å²) in [5.41, 5.74) is 1.74. The third-order valence-corrected chi connectivity index (χ3v) is 8.20. The van der Waals surface area contributed by atoms with E-state index >= 15 is 0 Å². The fourth-order valence-electron chi connectivity index (χ4n) is 4.57. The van der Waals surface area contributed by atoms with Crippen LogP contribution in [0.2, 0.25) is 0 Å². The molecule has 2 aromatic carbocycles. The molecular weight excluding hydrogens is 506 g/mol. The van der Waals surface area contributed by atoms with Crippen LogP contribution in [0.4, 0.5) is 0 Å². The van der Waals surface area contributed by atoms with E-state index in [1.807, 2.05) is 51.1 Å². The Hall–Kier alpha value is -3.24.